The summed E-state index contributed by atoms with van der Waals surface area (Å²) in [6.07, 6.45) is 1.11. The Bertz CT molecular complexity index is 820. The molecule has 0 saturated carbocycles. The molecule has 0 N–H and O–H groups in total. The molecule has 1 fully saturated rings. The number of benzene rings is 1. The summed E-state index contributed by atoms with van der Waals surface area (Å²) in [6, 6.07) is 5.07. The molecular formula is C20H29NO6S. The van der Waals surface area contributed by atoms with Crippen LogP contribution in [0.25, 0.3) is 0 Å². The average molecular weight is 412 g/mol. The van der Waals surface area contributed by atoms with Gasteiger partial charge in [0, 0.05) is 12.1 Å². The van der Waals surface area contributed by atoms with Gasteiger partial charge in [-0.05, 0) is 50.8 Å². The average Bonchev–Trinajstić information content (AvgIpc) is 3.00. The maximum atomic E-state index is 12.6. The number of hydrogen-bond donors (Lipinski definition) is 0. The fourth-order valence-electron chi connectivity index (χ4n) is 3.28. The summed E-state index contributed by atoms with van der Waals surface area (Å²) in [5.41, 5.74) is 1.99. The predicted octanol–water partition coefficient (Wildman–Crippen LogP) is 2.04. The first-order valence-electron chi connectivity index (χ1n) is 9.50. The third-order valence-corrected chi connectivity index (χ3v) is 6.96. The zero-order valence-electron chi connectivity index (χ0n) is 16.9. The zero-order chi connectivity index (χ0) is 20.9. The maximum absolute atomic E-state index is 12.6. The fraction of sp³-hybridized carbons (Fsp3) is 0.600. The lowest BCUT2D eigenvalue weighted by molar-refractivity contribution is -0.155. The van der Waals surface area contributed by atoms with Crippen molar-refractivity contribution in [3.8, 4) is 5.75 Å². The van der Waals surface area contributed by atoms with E-state index in [9.17, 15) is 18.0 Å². The van der Waals surface area contributed by atoms with Crippen molar-refractivity contribution in [3.63, 3.8) is 0 Å². The number of nitrogens with zero attached hydrogens (tertiary/aromatic N) is 1. The van der Waals surface area contributed by atoms with Crippen molar-refractivity contribution in [2.75, 3.05) is 24.7 Å². The van der Waals surface area contributed by atoms with Crippen molar-refractivity contribution in [2.45, 2.75) is 52.6 Å². The van der Waals surface area contributed by atoms with Gasteiger partial charge in [-0.25, -0.2) is 13.2 Å². The first kappa shape index (κ1) is 22.2. The van der Waals surface area contributed by atoms with Crippen LogP contribution in [0.5, 0.6) is 5.75 Å². The number of ether oxygens (including phenoxy) is 2. The second-order valence-electron chi connectivity index (χ2n) is 7.26. The minimum Gasteiger partial charge on any atom is -0.482 e. The number of sulfone groups is 1. The molecule has 1 aromatic carbocycles. The summed E-state index contributed by atoms with van der Waals surface area (Å²) >= 11 is 0. The smallest absolute Gasteiger partial charge is 0.344 e. The Hall–Kier alpha value is -2.09. The molecule has 2 rings (SSSR count). The Morgan fingerprint density at radius 2 is 1.96 bits per heavy atom. The lowest BCUT2D eigenvalue weighted by atomic mass is 10.1. The fourth-order valence-corrected chi connectivity index (χ4v) is 4.99. The van der Waals surface area contributed by atoms with Crippen LogP contribution in [0.15, 0.2) is 18.2 Å². The van der Waals surface area contributed by atoms with Crippen LogP contribution in [0, 0.1) is 13.8 Å². The number of esters is 1. The first-order chi connectivity index (χ1) is 13.1. The molecule has 1 amide bonds. The molecule has 1 aromatic rings. The second-order valence-corrected chi connectivity index (χ2v) is 9.49. The van der Waals surface area contributed by atoms with Crippen LogP contribution in [0.3, 0.4) is 0 Å². The van der Waals surface area contributed by atoms with Gasteiger partial charge < -0.3 is 14.4 Å². The monoisotopic (exact) mass is 411 g/mol. The highest BCUT2D eigenvalue weighted by Crippen LogP contribution is 2.22. The van der Waals surface area contributed by atoms with Gasteiger partial charge >= 0.3 is 5.97 Å². The Balaban J connectivity index is 1.91. The van der Waals surface area contributed by atoms with E-state index in [1.54, 1.807) is 11.0 Å². The highest BCUT2D eigenvalue weighted by atomic mass is 32.2. The van der Waals surface area contributed by atoms with Gasteiger partial charge in [-0.3, -0.25) is 4.79 Å². The Labute approximate surface area is 166 Å². The number of amides is 1. The van der Waals surface area contributed by atoms with Gasteiger partial charge in [0.05, 0.1) is 11.5 Å². The summed E-state index contributed by atoms with van der Waals surface area (Å²) < 4.78 is 34.1. The van der Waals surface area contributed by atoms with Gasteiger partial charge in [0.2, 0.25) is 0 Å². The second kappa shape index (κ2) is 9.41. The topological polar surface area (TPSA) is 90.0 Å². The van der Waals surface area contributed by atoms with Crippen molar-refractivity contribution in [3.05, 3.63) is 29.3 Å². The van der Waals surface area contributed by atoms with E-state index < -0.39 is 22.4 Å². The van der Waals surface area contributed by atoms with Gasteiger partial charge in [0.1, 0.15) is 5.75 Å². The normalized spacial score (nSPS) is 19.1. The van der Waals surface area contributed by atoms with E-state index in [0.29, 0.717) is 18.6 Å². The summed E-state index contributed by atoms with van der Waals surface area (Å²) in [5, 5.41) is 0. The first-order valence-corrected chi connectivity index (χ1v) is 11.3. The molecule has 8 heteroatoms. The minimum atomic E-state index is -3.12. The van der Waals surface area contributed by atoms with Crippen molar-refractivity contribution in [2.24, 2.45) is 0 Å². The van der Waals surface area contributed by atoms with Crippen LogP contribution in [0.2, 0.25) is 0 Å². The third-order valence-electron chi connectivity index (χ3n) is 5.21. The molecule has 1 aliphatic heterocycles. The molecule has 0 aliphatic carbocycles. The SMILES string of the molecule is CC[C@@H](C)N(C(=O)COC(=O)COc1cccc(C)c1C)[C@@H]1CCS(=O)(=O)C1. The predicted molar refractivity (Wildman–Crippen MR) is 106 cm³/mol. The number of aryl methyl sites for hydroxylation is 1. The summed E-state index contributed by atoms with van der Waals surface area (Å²) in [4.78, 5) is 26.2. The van der Waals surface area contributed by atoms with Crippen LogP contribution in [-0.4, -0.2) is 62.0 Å². The van der Waals surface area contributed by atoms with E-state index in [0.717, 1.165) is 11.1 Å². The largest absolute Gasteiger partial charge is 0.482 e. The van der Waals surface area contributed by atoms with E-state index in [1.165, 1.54) is 0 Å². The van der Waals surface area contributed by atoms with Crippen LogP contribution in [0.4, 0.5) is 0 Å². The summed E-state index contributed by atoms with van der Waals surface area (Å²) in [7, 11) is -3.12. The summed E-state index contributed by atoms with van der Waals surface area (Å²) in [6.45, 7) is 6.94. The Kier molecular flexibility index (Phi) is 7.46. The van der Waals surface area contributed by atoms with Crippen LogP contribution < -0.4 is 4.74 Å². The molecule has 0 radical (unpaired) electrons. The number of carbonyl (C=O) groups excluding carboxylic acids is 2. The number of carbonyl (C=O) groups is 2. The van der Waals surface area contributed by atoms with E-state index in [4.69, 9.17) is 9.47 Å². The van der Waals surface area contributed by atoms with Crippen LogP contribution in [-0.2, 0) is 24.2 Å². The number of rotatable bonds is 8. The lowest BCUT2D eigenvalue weighted by Gasteiger charge is -2.33. The molecular weight excluding hydrogens is 382 g/mol. The molecule has 7 nitrogen and oxygen atoms in total. The maximum Gasteiger partial charge on any atom is 0.344 e. The molecule has 0 spiro atoms. The molecule has 0 unspecified atom stereocenters. The molecule has 28 heavy (non-hydrogen) atoms. The molecule has 156 valence electrons. The molecule has 0 bridgehead atoms. The molecule has 1 saturated heterocycles. The molecule has 0 aromatic heterocycles. The van der Waals surface area contributed by atoms with E-state index in [1.807, 2.05) is 39.8 Å². The lowest BCUT2D eigenvalue weighted by Crippen LogP contribution is -2.48. The van der Waals surface area contributed by atoms with Crippen LogP contribution >= 0.6 is 0 Å². The van der Waals surface area contributed by atoms with Crippen molar-refractivity contribution in [1.82, 2.24) is 4.90 Å². The summed E-state index contributed by atoms with van der Waals surface area (Å²) in [5.74, 6) is -0.372. The molecule has 1 aliphatic rings. The third kappa shape index (κ3) is 5.70. The highest BCUT2D eigenvalue weighted by Gasteiger charge is 2.36. The molecule has 2 atom stereocenters. The van der Waals surface area contributed by atoms with Crippen molar-refractivity contribution >= 4 is 21.7 Å². The quantitative estimate of drug-likeness (QED) is 0.608. The minimum absolute atomic E-state index is 0.0349. The van der Waals surface area contributed by atoms with E-state index in [2.05, 4.69) is 0 Å². The van der Waals surface area contributed by atoms with Crippen molar-refractivity contribution in [1.29, 1.82) is 0 Å². The Morgan fingerprint density at radius 1 is 1.25 bits per heavy atom. The van der Waals surface area contributed by atoms with Gasteiger partial charge in [-0.1, -0.05) is 19.1 Å². The van der Waals surface area contributed by atoms with Gasteiger partial charge in [-0.2, -0.15) is 0 Å². The van der Waals surface area contributed by atoms with Crippen LogP contribution in [0.1, 0.15) is 37.8 Å². The van der Waals surface area contributed by atoms with E-state index >= 15 is 0 Å². The Morgan fingerprint density at radius 3 is 2.57 bits per heavy atom. The number of hydrogen-bond acceptors (Lipinski definition) is 6. The van der Waals surface area contributed by atoms with Gasteiger partial charge in [0.15, 0.2) is 23.1 Å². The van der Waals surface area contributed by atoms with Gasteiger partial charge in [0.25, 0.3) is 5.91 Å². The zero-order valence-corrected chi connectivity index (χ0v) is 17.8. The molecule has 1 heterocycles. The van der Waals surface area contributed by atoms with E-state index in [-0.39, 0.29) is 36.1 Å². The van der Waals surface area contributed by atoms with Crippen molar-refractivity contribution < 1.29 is 27.5 Å². The highest BCUT2D eigenvalue weighted by molar-refractivity contribution is 7.91. The standard InChI is InChI=1S/C20H29NO6S/c1-5-15(3)21(17-9-10-28(24,25)13-17)19(22)11-27-20(23)12-26-18-8-6-7-14(2)16(18)4/h6-8,15,17H,5,9-13H2,1-4H3/t15-,17-/m1/s1. The van der Waals surface area contributed by atoms with Gasteiger partial charge in [-0.15, -0.1) is 0 Å².